The van der Waals surface area contributed by atoms with Crippen molar-refractivity contribution in [3.63, 3.8) is 0 Å². The zero-order valence-electron chi connectivity index (χ0n) is 12.8. The number of halogens is 2. The van der Waals surface area contributed by atoms with Gasteiger partial charge in [-0.05, 0) is 24.3 Å². The van der Waals surface area contributed by atoms with Gasteiger partial charge in [-0.25, -0.2) is 13.8 Å². The Hall–Kier alpha value is -3.55. The van der Waals surface area contributed by atoms with Crippen LogP contribution in [0.3, 0.4) is 0 Å². The highest BCUT2D eigenvalue weighted by atomic mass is 19.1. The van der Waals surface area contributed by atoms with Gasteiger partial charge in [-0.1, -0.05) is 12.1 Å². The number of anilines is 3. The van der Waals surface area contributed by atoms with E-state index in [1.807, 2.05) is 18.2 Å². The number of rotatable bonds is 3. The van der Waals surface area contributed by atoms with E-state index < -0.39 is 11.6 Å². The molecule has 4 aromatic rings. The van der Waals surface area contributed by atoms with E-state index in [-0.39, 0.29) is 17.5 Å². The fraction of sp³-hybridized carbons (Fsp3) is 0. The van der Waals surface area contributed by atoms with Crippen LogP contribution in [0.15, 0.2) is 48.7 Å². The summed E-state index contributed by atoms with van der Waals surface area (Å²) in [7, 11) is 0. The maximum absolute atomic E-state index is 13.8. The zero-order valence-corrected chi connectivity index (χ0v) is 12.8. The molecule has 2 aromatic heterocycles. The topological polar surface area (TPSA) is 92.5 Å². The standard InChI is InChI=1S/C17H12F2N6/c18-9-4-5-13(11(19)8-9)22-17-23-14-3-1-2-10(12-6-7-21-25-12)15(14)16(20)24-17/h1-8H,(H,21,25)(H3,20,22,23,24). The summed E-state index contributed by atoms with van der Waals surface area (Å²) in [5.74, 6) is -1.04. The molecular weight excluding hydrogens is 326 g/mol. The lowest BCUT2D eigenvalue weighted by Crippen LogP contribution is -2.03. The van der Waals surface area contributed by atoms with E-state index in [0.29, 0.717) is 10.9 Å². The molecule has 2 aromatic carbocycles. The van der Waals surface area contributed by atoms with Crippen molar-refractivity contribution in [3.8, 4) is 11.3 Å². The molecular formula is C17H12F2N6. The molecule has 0 aliphatic heterocycles. The summed E-state index contributed by atoms with van der Waals surface area (Å²) in [6.07, 6.45) is 1.64. The van der Waals surface area contributed by atoms with Crippen LogP contribution in [0.5, 0.6) is 0 Å². The highest BCUT2D eigenvalue weighted by Crippen LogP contribution is 2.31. The minimum absolute atomic E-state index is 0.0601. The SMILES string of the molecule is Nc1nc(Nc2ccc(F)cc2F)nc2cccc(-c3ccn[nH]3)c12. The quantitative estimate of drug-likeness (QED) is 0.530. The number of nitrogens with one attached hydrogen (secondary N) is 2. The maximum atomic E-state index is 13.8. The molecule has 0 spiro atoms. The lowest BCUT2D eigenvalue weighted by atomic mass is 10.1. The average Bonchev–Trinajstić information content (AvgIpc) is 3.11. The second kappa shape index (κ2) is 5.82. The molecule has 0 unspecified atom stereocenters. The van der Waals surface area contributed by atoms with E-state index in [4.69, 9.17) is 5.73 Å². The predicted molar refractivity (Wildman–Crippen MR) is 91.2 cm³/mol. The Bertz CT molecular complexity index is 1060. The Labute approximate surface area is 140 Å². The summed E-state index contributed by atoms with van der Waals surface area (Å²) in [6.45, 7) is 0. The van der Waals surface area contributed by atoms with Crippen LogP contribution in [0, 0.1) is 11.6 Å². The number of fused-ring (bicyclic) bond motifs is 1. The van der Waals surface area contributed by atoms with Gasteiger partial charge in [-0.2, -0.15) is 10.1 Å². The molecule has 0 bridgehead atoms. The van der Waals surface area contributed by atoms with Crippen LogP contribution in [0.2, 0.25) is 0 Å². The Kier molecular flexibility index (Phi) is 3.50. The Morgan fingerprint density at radius 2 is 1.92 bits per heavy atom. The number of benzene rings is 2. The highest BCUT2D eigenvalue weighted by Gasteiger charge is 2.13. The van der Waals surface area contributed by atoms with Gasteiger partial charge in [0.2, 0.25) is 5.95 Å². The largest absolute Gasteiger partial charge is 0.383 e. The van der Waals surface area contributed by atoms with Crippen LogP contribution in [-0.4, -0.2) is 20.2 Å². The third kappa shape index (κ3) is 2.74. The molecule has 4 rings (SSSR count). The van der Waals surface area contributed by atoms with E-state index in [1.54, 1.807) is 12.3 Å². The molecule has 6 nitrogen and oxygen atoms in total. The van der Waals surface area contributed by atoms with Crippen molar-refractivity contribution in [1.82, 2.24) is 20.2 Å². The molecule has 0 saturated carbocycles. The zero-order chi connectivity index (χ0) is 17.4. The molecule has 0 amide bonds. The third-order valence-electron chi connectivity index (χ3n) is 3.72. The van der Waals surface area contributed by atoms with Crippen molar-refractivity contribution in [1.29, 1.82) is 0 Å². The Morgan fingerprint density at radius 3 is 2.68 bits per heavy atom. The number of hydrogen-bond acceptors (Lipinski definition) is 5. The number of nitrogens with two attached hydrogens (primary N) is 1. The summed E-state index contributed by atoms with van der Waals surface area (Å²) in [5.41, 5.74) is 8.34. The van der Waals surface area contributed by atoms with E-state index in [9.17, 15) is 8.78 Å². The Balaban J connectivity index is 1.80. The van der Waals surface area contributed by atoms with E-state index >= 15 is 0 Å². The van der Waals surface area contributed by atoms with Crippen molar-refractivity contribution >= 4 is 28.4 Å². The second-order valence-corrected chi connectivity index (χ2v) is 5.35. The molecule has 0 saturated heterocycles. The molecule has 0 fully saturated rings. The molecule has 124 valence electrons. The highest BCUT2D eigenvalue weighted by molar-refractivity contribution is 6.01. The van der Waals surface area contributed by atoms with Gasteiger partial charge in [0, 0.05) is 17.8 Å². The fourth-order valence-corrected chi connectivity index (χ4v) is 2.61. The van der Waals surface area contributed by atoms with Crippen LogP contribution in [0.25, 0.3) is 22.2 Å². The van der Waals surface area contributed by atoms with Crippen LogP contribution < -0.4 is 11.1 Å². The van der Waals surface area contributed by atoms with Crippen LogP contribution in [0.1, 0.15) is 0 Å². The minimum atomic E-state index is -0.742. The van der Waals surface area contributed by atoms with Gasteiger partial charge < -0.3 is 11.1 Å². The fourth-order valence-electron chi connectivity index (χ4n) is 2.61. The summed E-state index contributed by atoms with van der Waals surface area (Å²) < 4.78 is 26.8. The number of aromatic amines is 1. The molecule has 4 N–H and O–H groups in total. The number of nitrogens with zero attached hydrogens (tertiary/aromatic N) is 3. The van der Waals surface area contributed by atoms with Gasteiger partial charge in [-0.15, -0.1) is 0 Å². The molecule has 0 radical (unpaired) electrons. The molecule has 0 aliphatic rings. The van der Waals surface area contributed by atoms with E-state index in [0.717, 1.165) is 23.4 Å². The van der Waals surface area contributed by atoms with Crippen molar-refractivity contribution in [2.24, 2.45) is 0 Å². The molecule has 0 atom stereocenters. The molecule has 0 aliphatic carbocycles. The molecule has 8 heteroatoms. The van der Waals surface area contributed by atoms with Crippen LogP contribution >= 0.6 is 0 Å². The number of hydrogen-bond donors (Lipinski definition) is 3. The third-order valence-corrected chi connectivity index (χ3v) is 3.72. The first-order valence-electron chi connectivity index (χ1n) is 7.40. The van der Waals surface area contributed by atoms with Crippen molar-refractivity contribution in [2.45, 2.75) is 0 Å². The first kappa shape index (κ1) is 15.0. The van der Waals surface area contributed by atoms with E-state index in [2.05, 4.69) is 25.5 Å². The molecule has 2 heterocycles. The average molecular weight is 338 g/mol. The lowest BCUT2D eigenvalue weighted by molar-refractivity contribution is 0.586. The van der Waals surface area contributed by atoms with Crippen molar-refractivity contribution in [3.05, 3.63) is 60.3 Å². The second-order valence-electron chi connectivity index (χ2n) is 5.35. The first-order valence-corrected chi connectivity index (χ1v) is 7.40. The summed E-state index contributed by atoms with van der Waals surface area (Å²) in [5, 5.41) is 10.2. The summed E-state index contributed by atoms with van der Waals surface area (Å²) in [6, 6.07) is 10.5. The van der Waals surface area contributed by atoms with Gasteiger partial charge in [0.1, 0.15) is 17.5 Å². The number of nitrogen functional groups attached to an aromatic ring is 1. The monoisotopic (exact) mass is 338 g/mol. The van der Waals surface area contributed by atoms with Gasteiger partial charge in [0.25, 0.3) is 0 Å². The summed E-state index contributed by atoms with van der Waals surface area (Å²) >= 11 is 0. The van der Waals surface area contributed by atoms with Gasteiger partial charge in [-0.3, -0.25) is 5.10 Å². The van der Waals surface area contributed by atoms with Gasteiger partial charge in [0.15, 0.2) is 0 Å². The maximum Gasteiger partial charge on any atom is 0.229 e. The normalized spacial score (nSPS) is 11.0. The minimum Gasteiger partial charge on any atom is -0.383 e. The Morgan fingerprint density at radius 1 is 1.04 bits per heavy atom. The summed E-state index contributed by atoms with van der Waals surface area (Å²) in [4.78, 5) is 8.56. The van der Waals surface area contributed by atoms with Crippen molar-refractivity contribution < 1.29 is 8.78 Å². The lowest BCUT2D eigenvalue weighted by Gasteiger charge is -2.11. The van der Waals surface area contributed by atoms with E-state index in [1.165, 1.54) is 6.07 Å². The number of H-pyrrole nitrogens is 1. The smallest absolute Gasteiger partial charge is 0.229 e. The number of aromatic nitrogens is 4. The van der Waals surface area contributed by atoms with Crippen molar-refractivity contribution in [2.75, 3.05) is 11.1 Å². The van der Waals surface area contributed by atoms with Gasteiger partial charge in [0.05, 0.1) is 22.3 Å². The molecule has 25 heavy (non-hydrogen) atoms. The van der Waals surface area contributed by atoms with Crippen LogP contribution in [0.4, 0.5) is 26.2 Å². The van der Waals surface area contributed by atoms with Crippen LogP contribution in [-0.2, 0) is 0 Å². The van der Waals surface area contributed by atoms with Gasteiger partial charge >= 0.3 is 0 Å². The predicted octanol–water partition coefficient (Wildman–Crippen LogP) is 3.62. The first-order chi connectivity index (χ1) is 12.1.